The number of halogens is 1. The Morgan fingerprint density at radius 1 is 1.12 bits per heavy atom. The summed E-state index contributed by atoms with van der Waals surface area (Å²) < 4.78 is 5.95. The Morgan fingerprint density at radius 3 is 2.62 bits per heavy atom. The highest BCUT2D eigenvalue weighted by atomic mass is 79.9. The van der Waals surface area contributed by atoms with Crippen molar-refractivity contribution in [2.24, 2.45) is 0 Å². The molecule has 2 amide bonds. The van der Waals surface area contributed by atoms with Crippen LogP contribution in [0.15, 0.2) is 53.0 Å². The van der Waals surface area contributed by atoms with Crippen molar-refractivity contribution in [1.29, 1.82) is 0 Å². The Balaban J connectivity index is 1.88. The summed E-state index contributed by atoms with van der Waals surface area (Å²) in [4.78, 5) is 24.5. The number of benzene rings is 2. The van der Waals surface area contributed by atoms with Crippen molar-refractivity contribution in [3.8, 4) is 0 Å². The molecular formula is C19H21BrN2O3S. The number of nitrogens with one attached hydrogen (secondary N) is 2. The van der Waals surface area contributed by atoms with Crippen LogP contribution in [-0.2, 0) is 15.3 Å². The van der Waals surface area contributed by atoms with Crippen LogP contribution < -0.4 is 10.6 Å². The van der Waals surface area contributed by atoms with Crippen molar-refractivity contribution < 1.29 is 14.3 Å². The summed E-state index contributed by atoms with van der Waals surface area (Å²) in [6.07, 6.45) is 0. The smallest absolute Gasteiger partial charge is 0.253 e. The highest BCUT2D eigenvalue weighted by Gasteiger charge is 2.13. The lowest BCUT2D eigenvalue weighted by Crippen LogP contribution is -2.28. The molecular weight excluding hydrogens is 416 g/mol. The largest absolute Gasteiger partial charge is 0.383 e. The highest BCUT2D eigenvalue weighted by Crippen LogP contribution is 2.22. The number of hydrogen-bond donors (Lipinski definition) is 2. The van der Waals surface area contributed by atoms with E-state index >= 15 is 0 Å². The monoisotopic (exact) mass is 436 g/mol. The summed E-state index contributed by atoms with van der Waals surface area (Å²) in [5.41, 5.74) is 2.09. The van der Waals surface area contributed by atoms with Gasteiger partial charge in [-0.15, -0.1) is 11.8 Å². The lowest BCUT2D eigenvalue weighted by atomic mass is 10.1. The van der Waals surface area contributed by atoms with E-state index in [-0.39, 0.29) is 11.8 Å². The molecule has 0 aliphatic rings. The van der Waals surface area contributed by atoms with Crippen LogP contribution in [0.25, 0.3) is 0 Å². The molecule has 0 aliphatic heterocycles. The van der Waals surface area contributed by atoms with Gasteiger partial charge in [0.1, 0.15) is 0 Å². The number of methoxy groups -OCH3 is 1. The number of carbonyl (C=O) groups is 2. The lowest BCUT2D eigenvalue weighted by molar-refractivity contribution is -0.113. The van der Waals surface area contributed by atoms with Crippen LogP contribution in [0.1, 0.15) is 15.9 Å². The summed E-state index contributed by atoms with van der Waals surface area (Å²) in [7, 11) is 1.58. The summed E-state index contributed by atoms with van der Waals surface area (Å²) >= 11 is 5.02. The number of thioether (sulfide) groups is 1. The van der Waals surface area contributed by atoms with Gasteiger partial charge in [-0.2, -0.15) is 0 Å². The molecule has 0 aliphatic carbocycles. The minimum Gasteiger partial charge on any atom is -0.383 e. The Bertz CT molecular complexity index is 755. The summed E-state index contributed by atoms with van der Waals surface area (Å²) in [5, 5.41) is 5.58. The Labute approximate surface area is 166 Å². The molecule has 138 valence electrons. The minimum atomic E-state index is -0.237. The molecule has 0 fully saturated rings. The van der Waals surface area contributed by atoms with Gasteiger partial charge >= 0.3 is 0 Å². The standard InChI is InChI=1S/C19H21BrN2O3S/c1-25-11-10-21-19(24)15-7-3-5-9-17(15)22-18(23)13-26-12-14-6-2-4-8-16(14)20/h2-9H,10-13H2,1H3,(H,21,24)(H,22,23). The number of hydrogen-bond acceptors (Lipinski definition) is 4. The SMILES string of the molecule is COCCNC(=O)c1ccccc1NC(=O)CSCc1ccccc1Br. The fraction of sp³-hybridized carbons (Fsp3) is 0.263. The van der Waals surface area contributed by atoms with Crippen molar-refractivity contribution in [1.82, 2.24) is 5.32 Å². The fourth-order valence-electron chi connectivity index (χ4n) is 2.21. The molecule has 0 atom stereocenters. The first kappa shape index (κ1) is 20.5. The topological polar surface area (TPSA) is 67.4 Å². The van der Waals surface area contributed by atoms with Gasteiger partial charge in [-0.05, 0) is 23.8 Å². The van der Waals surface area contributed by atoms with E-state index in [1.165, 1.54) is 11.8 Å². The van der Waals surface area contributed by atoms with Gasteiger partial charge in [0.05, 0.1) is 23.6 Å². The Kier molecular flexibility index (Phi) is 8.67. The number of carbonyl (C=O) groups excluding carboxylic acids is 2. The quantitative estimate of drug-likeness (QED) is 0.588. The third kappa shape index (κ3) is 6.48. The van der Waals surface area contributed by atoms with Crippen LogP contribution in [0.5, 0.6) is 0 Å². The number of anilines is 1. The first-order valence-corrected chi connectivity index (χ1v) is 10.0. The maximum absolute atomic E-state index is 12.2. The summed E-state index contributed by atoms with van der Waals surface area (Å²) in [5.74, 6) is 0.660. The summed E-state index contributed by atoms with van der Waals surface area (Å²) in [6.45, 7) is 0.853. The van der Waals surface area contributed by atoms with E-state index < -0.39 is 0 Å². The van der Waals surface area contributed by atoms with E-state index in [1.807, 2.05) is 24.3 Å². The van der Waals surface area contributed by atoms with E-state index in [2.05, 4.69) is 26.6 Å². The molecule has 7 heteroatoms. The molecule has 0 aromatic heterocycles. The van der Waals surface area contributed by atoms with Gasteiger partial charge in [0.2, 0.25) is 5.91 Å². The van der Waals surface area contributed by atoms with Crippen LogP contribution in [0.2, 0.25) is 0 Å². The number of para-hydroxylation sites is 1. The third-order valence-electron chi connectivity index (χ3n) is 3.49. The number of amides is 2. The molecule has 0 saturated heterocycles. The molecule has 0 bridgehead atoms. The van der Waals surface area contributed by atoms with Crippen molar-refractivity contribution in [3.05, 3.63) is 64.1 Å². The molecule has 2 aromatic carbocycles. The van der Waals surface area contributed by atoms with Gasteiger partial charge in [0.25, 0.3) is 5.91 Å². The van der Waals surface area contributed by atoms with Crippen LogP contribution in [0.4, 0.5) is 5.69 Å². The predicted molar refractivity (Wildman–Crippen MR) is 110 cm³/mol. The van der Waals surface area contributed by atoms with Gasteiger partial charge < -0.3 is 15.4 Å². The zero-order valence-electron chi connectivity index (χ0n) is 14.5. The zero-order chi connectivity index (χ0) is 18.8. The number of rotatable bonds is 9. The van der Waals surface area contributed by atoms with Gasteiger partial charge in [0.15, 0.2) is 0 Å². The van der Waals surface area contributed by atoms with E-state index in [9.17, 15) is 9.59 Å². The third-order valence-corrected chi connectivity index (χ3v) is 5.24. The molecule has 0 unspecified atom stereocenters. The van der Waals surface area contributed by atoms with Gasteiger partial charge in [0, 0.05) is 23.9 Å². The molecule has 2 N–H and O–H groups in total. The van der Waals surface area contributed by atoms with E-state index in [4.69, 9.17) is 4.74 Å². The molecule has 2 rings (SSSR count). The molecule has 0 heterocycles. The normalized spacial score (nSPS) is 10.4. The van der Waals surface area contributed by atoms with E-state index in [0.717, 1.165) is 15.8 Å². The Morgan fingerprint density at radius 2 is 1.85 bits per heavy atom. The lowest BCUT2D eigenvalue weighted by Gasteiger charge is -2.11. The van der Waals surface area contributed by atoms with Crippen molar-refractivity contribution in [2.75, 3.05) is 31.3 Å². The molecule has 26 heavy (non-hydrogen) atoms. The number of ether oxygens (including phenoxy) is 1. The molecule has 2 aromatic rings. The average Bonchev–Trinajstić information content (AvgIpc) is 2.64. The van der Waals surface area contributed by atoms with Crippen LogP contribution in [-0.4, -0.2) is 37.8 Å². The van der Waals surface area contributed by atoms with Crippen LogP contribution >= 0.6 is 27.7 Å². The maximum Gasteiger partial charge on any atom is 0.253 e. The first-order chi connectivity index (χ1) is 12.6. The minimum absolute atomic E-state index is 0.140. The zero-order valence-corrected chi connectivity index (χ0v) is 16.9. The molecule has 0 saturated carbocycles. The van der Waals surface area contributed by atoms with Gasteiger partial charge in [-0.3, -0.25) is 9.59 Å². The predicted octanol–water partition coefficient (Wildman–Crippen LogP) is 3.70. The van der Waals surface area contributed by atoms with Crippen LogP contribution in [0, 0.1) is 0 Å². The second-order valence-corrected chi connectivity index (χ2v) is 7.27. The molecule has 0 spiro atoms. The summed E-state index contributed by atoms with van der Waals surface area (Å²) in [6, 6.07) is 14.9. The Hall–Kier alpha value is -1.83. The van der Waals surface area contributed by atoms with Crippen molar-refractivity contribution in [3.63, 3.8) is 0 Å². The molecule has 0 radical (unpaired) electrons. The fourth-order valence-corrected chi connectivity index (χ4v) is 3.65. The van der Waals surface area contributed by atoms with Gasteiger partial charge in [-0.25, -0.2) is 0 Å². The van der Waals surface area contributed by atoms with Crippen molar-refractivity contribution in [2.45, 2.75) is 5.75 Å². The second-order valence-electron chi connectivity index (χ2n) is 5.43. The van der Waals surface area contributed by atoms with Crippen molar-refractivity contribution >= 4 is 45.2 Å². The van der Waals surface area contributed by atoms with Gasteiger partial charge in [-0.1, -0.05) is 46.3 Å². The molecule has 5 nitrogen and oxygen atoms in total. The first-order valence-electron chi connectivity index (χ1n) is 8.09. The maximum atomic E-state index is 12.2. The van der Waals surface area contributed by atoms with Crippen LogP contribution in [0.3, 0.4) is 0 Å². The van der Waals surface area contributed by atoms with E-state index in [1.54, 1.807) is 31.4 Å². The highest BCUT2D eigenvalue weighted by molar-refractivity contribution is 9.10. The second kappa shape index (κ2) is 11.0. The average molecular weight is 437 g/mol. The van der Waals surface area contributed by atoms with E-state index in [0.29, 0.717) is 30.2 Å².